The number of hydrogen-bond acceptors (Lipinski definition) is 1. The summed E-state index contributed by atoms with van der Waals surface area (Å²) >= 11 is 0. The number of rotatable bonds is 6. The van der Waals surface area contributed by atoms with Crippen molar-refractivity contribution >= 4 is 8.07 Å². The molecule has 1 nitrogen and oxygen atoms in total. The van der Waals surface area contributed by atoms with E-state index < -0.39 is 8.07 Å². The third-order valence-corrected chi connectivity index (χ3v) is 3.56. The quantitative estimate of drug-likeness (QED) is 0.481. The van der Waals surface area contributed by atoms with E-state index in [2.05, 4.69) is 31.9 Å². The molecule has 0 aliphatic heterocycles. The van der Waals surface area contributed by atoms with Gasteiger partial charge in [0, 0.05) is 8.07 Å². The van der Waals surface area contributed by atoms with Crippen molar-refractivity contribution in [3.05, 3.63) is 0 Å². The predicted octanol–water partition coefficient (Wildman–Crippen LogP) is 2.71. The largest absolute Gasteiger partial charge is 0.317 e. The van der Waals surface area contributed by atoms with Crippen LogP contribution >= 0.6 is 0 Å². The van der Waals surface area contributed by atoms with Gasteiger partial charge in [0.25, 0.3) is 0 Å². The molecule has 0 unspecified atom stereocenters. The normalized spacial score (nSPS) is 12.0. The predicted molar refractivity (Wildman–Crippen MR) is 55.9 cm³/mol. The second-order valence-corrected chi connectivity index (χ2v) is 10.0. The molecule has 0 fully saturated rings. The standard InChI is InChI=1S/C9H23NSi/c1-5-7-10-8-6-9-11(2,3)4/h10H,5-9H2,1-4H3. The Morgan fingerprint density at radius 2 is 1.73 bits per heavy atom. The van der Waals surface area contributed by atoms with Crippen LogP contribution in [0.25, 0.3) is 0 Å². The maximum atomic E-state index is 3.43. The van der Waals surface area contributed by atoms with Crippen LogP contribution < -0.4 is 5.32 Å². The van der Waals surface area contributed by atoms with Gasteiger partial charge in [-0.05, 0) is 25.9 Å². The molecule has 0 heterocycles. The van der Waals surface area contributed by atoms with Crippen molar-refractivity contribution in [2.45, 2.75) is 45.5 Å². The highest BCUT2D eigenvalue weighted by Crippen LogP contribution is 2.09. The van der Waals surface area contributed by atoms with Gasteiger partial charge in [-0.3, -0.25) is 0 Å². The van der Waals surface area contributed by atoms with E-state index >= 15 is 0 Å². The smallest absolute Gasteiger partial charge is 0.0443 e. The Morgan fingerprint density at radius 1 is 1.09 bits per heavy atom. The second kappa shape index (κ2) is 5.78. The zero-order chi connectivity index (χ0) is 8.74. The molecular formula is C9H23NSi. The van der Waals surface area contributed by atoms with E-state index in [-0.39, 0.29) is 0 Å². The van der Waals surface area contributed by atoms with E-state index in [4.69, 9.17) is 0 Å². The fraction of sp³-hybridized carbons (Fsp3) is 1.00. The van der Waals surface area contributed by atoms with Gasteiger partial charge in [0.05, 0.1) is 0 Å². The summed E-state index contributed by atoms with van der Waals surface area (Å²) in [5.74, 6) is 0. The third kappa shape index (κ3) is 10.2. The van der Waals surface area contributed by atoms with E-state index in [1.165, 1.54) is 32.0 Å². The first-order chi connectivity index (χ1) is 5.06. The third-order valence-electron chi connectivity index (χ3n) is 1.71. The van der Waals surface area contributed by atoms with Crippen LogP contribution in [-0.2, 0) is 0 Å². The summed E-state index contributed by atoms with van der Waals surface area (Å²) in [6, 6.07) is 1.46. The Balaban J connectivity index is 3.02. The first-order valence-electron chi connectivity index (χ1n) is 4.77. The average molecular weight is 173 g/mol. The van der Waals surface area contributed by atoms with Crippen LogP contribution in [0.4, 0.5) is 0 Å². The van der Waals surface area contributed by atoms with Crippen molar-refractivity contribution < 1.29 is 0 Å². The minimum atomic E-state index is -0.757. The molecule has 11 heavy (non-hydrogen) atoms. The molecule has 0 aliphatic carbocycles. The molecule has 1 N–H and O–H groups in total. The summed E-state index contributed by atoms with van der Waals surface area (Å²) < 4.78 is 0. The molecule has 0 bridgehead atoms. The lowest BCUT2D eigenvalue weighted by molar-refractivity contribution is 0.659. The van der Waals surface area contributed by atoms with Crippen LogP contribution in [0.5, 0.6) is 0 Å². The molecule has 0 saturated heterocycles. The molecular weight excluding hydrogens is 150 g/mol. The molecule has 0 rings (SSSR count). The first-order valence-corrected chi connectivity index (χ1v) is 8.47. The summed E-state index contributed by atoms with van der Waals surface area (Å²) in [5, 5.41) is 3.43. The van der Waals surface area contributed by atoms with Gasteiger partial charge in [-0.2, -0.15) is 0 Å². The zero-order valence-corrected chi connectivity index (χ0v) is 9.54. The van der Waals surface area contributed by atoms with Crippen LogP contribution in [0.15, 0.2) is 0 Å². The van der Waals surface area contributed by atoms with E-state index in [0.717, 1.165) is 0 Å². The Bertz CT molecular complexity index is 86.1. The molecule has 0 spiro atoms. The van der Waals surface area contributed by atoms with E-state index in [0.29, 0.717) is 0 Å². The highest BCUT2D eigenvalue weighted by Gasteiger charge is 2.10. The van der Waals surface area contributed by atoms with Crippen molar-refractivity contribution in [3.8, 4) is 0 Å². The molecule has 0 aliphatic rings. The zero-order valence-electron chi connectivity index (χ0n) is 8.54. The molecule has 0 aromatic rings. The van der Waals surface area contributed by atoms with Gasteiger partial charge in [0.2, 0.25) is 0 Å². The Labute approximate surface area is 72.6 Å². The van der Waals surface area contributed by atoms with Crippen molar-refractivity contribution in [1.82, 2.24) is 5.32 Å². The van der Waals surface area contributed by atoms with Crippen LogP contribution in [0, 0.1) is 0 Å². The fourth-order valence-electron chi connectivity index (χ4n) is 1.05. The average Bonchev–Trinajstić information content (AvgIpc) is 1.85. The first kappa shape index (κ1) is 11.2. The van der Waals surface area contributed by atoms with Gasteiger partial charge >= 0.3 is 0 Å². The molecule has 0 amide bonds. The monoisotopic (exact) mass is 173 g/mol. The van der Waals surface area contributed by atoms with Crippen LogP contribution in [0.3, 0.4) is 0 Å². The highest BCUT2D eigenvalue weighted by molar-refractivity contribution is 6.76. The Hall–Kier alpha value is 0.177. The molecule has 0 aromatic heterocycles. The number of hydrogen-bond donors (Lipinski definition) is 1. The van der Waals surface area contributed by atoms with Crippen LogP contribution in [0.2, 0.25) is 25.7 Å². The SMILES string of the molecule is CCCNCCC[Si](C)(C)C. The van der Waals surface area contributed by atoms with E-state index in [1.807, 2.05) is 0 Å². The summed E-state index contributed by atoms with van der Waals surface area (Å²) in [6.07, 6.45) is 2.63. The minimum Gasteiger partial charge on any atom is -0.317 e. The van der Waals surface area contributed by atoms with Gasteiger partial charge in [-0.25, -0.2) is 0 Å². The summed E-state index contributed by atoms with van der Waals surface area (Å²) in [6.45, 7) is 11.9. The maximum Gasteiger partial charge on any atom is 0.0443 e. The van der Waals surface area contributed by atoms with Gasteiger partial charge < -0.3 is 5.32 Å². The van der Waals surface area contributed by atoms with Gasteiger partial charge in [0.1, 0.15) is 0 Å². The van der Waals surface area contributed by atoms with Crippen molar-refractivity contribution in [2.24, 2.45) is 0 Å². The minimum absolute atomic E-state index is 0.757. The second-order valence-electron chi connectivity index (χ2n) is 4.41. The molecule has 68 valence electrons. The Kier molecular flexibility index (Phi) is 5.87. The highest BCUT2D eigenvalue weighted by atomic mass is 28.3. The summed E-state index contributed by atoms with van der Waals surface area (Å²) in [5.41, 5.74) is 0. The van der Waals surface area contributed by atoms with Crippen molar-refractivity contribution in [2.75, 3.05) is 13.1 Å². The molecule has 0 aromatic carbocycles. The summed E-state index contributed by atoms with van der Waals surface area (Å²) in [7, 11) is -0.757. The molecule has 0 radical (unpaired) electrons. The molecule has 0 saturated carbocycles. The fourth-order valence-corrected chi connectivity index (χ4v) is 2.28. The van der Waals surface area contributed by atoms with Gasteiger partial charge in [0.15, 0.2) is 0 Å². The molecule has 2 heteroatoms. The lowest BCUT2D eigenvalue weighted by Crippen LogP contribution is -2.23. The van der Waals surface area contributed by atoms with Crippen molar-refractivity contribution in [3.63, 3.8) is 0 Å². The maximum absolute atomic E-state index is 3.43. The molecule has 0 atom stereocenters. The van der Waals surface area contributed by atoms with Crippen LogP contribution in [0.1, 0.15) is 19.8 Å². The topological polar surface area (TPSA) is 12.0 Å². The lowest BCUT2D eigenvalue weighted by Gasteiger charge is -2.15. The van der Waals surface area contributed by atoms with E-state index in [1.54, 1.807) is 0 Å². The van der Waals surface area contributed by atoms with Crippen molar-refractivity contribution in [1.29, 1.82) is 0 Å². The summed E-state index contributed by atoms with van der Waals surface area (Å²) in [4.78, 5) is 0. The van der Waals surface area contributed by atoms with Gasteiger partial charge in [-0.15, -0.1) is 0 Å². The van der Waals surface area contributed by atoms with Gasteiger partial charge in [-0.1, -0.05) is 32.6 Å². The number of nitrogens with one attached hydrogen (secondary N) is 1. The van der Waals surface area contributed by atoms with E-state index in [9.17, 15) is 0 Å². The Morgan fingerprint density at radius 3 is 2.18 bits per heavy atom. The van der Waals surface area contributed by atoms with Crippen LogP contribution in [-0.4, -0.2) is 21.2 Å². The lowest BCUT2D eigenvalue weighted by atomic mass is 10.4.